The molecule has 0 heterocycles. The number of hydrogen-bond donors (Lipinski definition) is 2. The minimum Gasteiger partial charge on any atom is -0.434 e. The topological polar surface area (TPSA) is 64.4 Å². The zero-order valence-corrected chi connectivity index (χ0v) is 14.1. The Morgan fingerprint density at radius 3 is 2.73 bits per heavy atom. The molecule has 0 saturated carbocycles. The van der Waals surface area contributed by atoms with E-state index in [4.69, 9.17) is 5.73 Å². The lowest BCUT2D eigenvalue weighted by Gasteiger charge is -2.14. The fraction of sp³-hybridized carbons (Fsp3) is 0.500. The van der Waals surface area contributed by atoms with Crippen molar-refractivity contribution in [2.24, 2.45) is 5.73 Å². The van der Waals surface area contributed by atoms with Gasteiger partial charge < -0.3 is 15.8 Å². The maximum atomic E-state index is 12.3. The molecule has 0 aromatic heterocycles. The second kappa shape index (κ2) is 10.6. The second-order valence-electron chi connectivity index (χ2n) is 4.60. The maximum absolute atomic E-state index is 12.3. The molecule has 0 saturated heterocycles. The van der Waals surface area contributed by atoms with Crippen LogP contribution in [0, 0.1) is 6.92 Å². The number of benzene rings is 1. The van der Waals surface area contributed by atoms with E-state index in [1.807, 2.05) is 13.2 Å². The molecule has 0 aliphatic heterocycles. The van der Waals surface area contributed by atoms with Gasteiger partial charge in [0.1, 0.15) is 5.75 Å². The molecule has 22 heavy (non-hydrogen) atoms. The standard InChI is InChI=1S/C14H20F2N2O2S.ClH/c1-9-3-4-12(20-14(15)16)10(7-9)8-18-13(19)11(17)5-6-21-2;/h3-4,7,11,14H,5-6,8,17H2,1-2H3,(H,18,19);1H/t11-;/m0./s1. The van der Waals surface area contributed by atoms with Gasteiger partial charge in [-0.1, -0.05) is 17.7 Å². The third-order valence-corrected chi connectivity index (χ3v) is 3.50. The first-order valence-corrected chi connectivity index (χ1v) is 7.90. The van der Waals surface area contributed by atoms with Crippen molar-refractivity contribution < 1.29 is 18.3 Å². The van der Waals surface area contributed by atoms with Crippen LogP contribution in [0.5, 0.6) is 5.75 Å². The number of carbonyl (C=O) groups excluding carboxylic acids is 1. The van der Waals surface area contributed by atoms with Crippen LogP contribution in [-0.4, -0.2) is 30.6 Å². The van der Waals surface area contributed by atoms with Crippen molar-refractivity contribution in [3.05, 3.63) is 29.3 Å². The molecule has 8 heteroatoms. The second-order valence-corrected chi connectivity index (χ2v) is 5.58. The quantitative estimate of drug-likeness (QED) is 0.753. The summed E-state index contributed by atoms with van der Waals surface area (Å²) >= 11 is 1.61. The van der Waals surface area contributed by atoms with Crippen LogP contribution in [0.25, 0.3) is 0 Å². The number of alkyl halides is 2. The monoisotopic (exact) mass is 354 g/mol. The molecule has 0 radical (unpaired) electrons. The molecule has 1 amide bonds. The van der Waals surface area contributed by atoms with E-state index in [1.54, 1.807) is 23.9 Å². The summed E-state index contributed by atoms with van der Waals surface area (Å²) in [5, 5.41) is 2.65. The van der Waals surface area contributed by atoms with Gasteiger partial charge in [0.05, 0.1) is 6.04 Å². The Hall–Kier alpha value is -1.05. The van der Waals surface area contributed by atoms with Crippen LogP contribution in [0.15, 0.2) is 18.2 Å². The summed E-state index contributed by atoms with van der Waals surface area (Å²) in [4.78, 5) is 11.8. The fourth-order valence-corrected chi connectivity index (χ4v) is 2.24. The van der Waals surface area contributed by atoms with Gasteiger partial charge in [-0.15, -0.1) is 12.4 Å². The molecule has 0 spiro atoms. The summed E-state index contributed by atoms with van der Waals surface area (Å²) in [7, 11) is 0. The lowest BCUT2D eigenvalue weighted by atomic mass is 10.1. The zero-order valence-electron chi connectivity index (χ0n) is 12.5. The highest BCUT2D eigenvalue weighted by atomic mass is 35.5. The van der Waals surface area contributed by atoms with Gasteiger partial charge in [-0.05, 0) is 31.4 Å². The van der Waals surface area contributed by atoms with E-state index in [-0.39, 0.29) is 30.6 Å². The summed E-state index contributed by atoms with van der Waals surface area (Å²) in [6.45, 7) is -0.956. The Morgan fingerprint density at radius 1 is 1.45 bits per heavy atom. The van der Waals surface area contributed by atoms with Crippen LogP contribution < -0.4 is 15.8 Å². The molecule has 4 nitrogen and oxygen atoms in total. The maximum Gasteiger partial charge on any atom is 0.387 e. The van der Waals surface area contributed by atoms with Gasteiger partial charge in [0.15, 0.2) is 0 Å². The number of nitrogens with two attached hydrogens (primary N) is 1. The van der Waals surface area contributed by atoms with Gasteiger partial charge in [0, 0.05) is 12.1 Å². The van der Waals surface area contributed by atoms with Gasteiger partial charge in [-0.25, -0.2) is 0 Å². The van der Waals surface area contributed by atoms with E-state index in [0.717, 1.165) is 11.3 Å². The number of rotatable bonds is 8. The zero-order chi connectivity index (χ0) is 15.8. The van der Waals surface area contributed by atoms with Crippen molar-refractivity contribution in [1.29, 1.82) is 0 Å². The van der Waals surface area contributed by atoms with Crippen LogP contribution in [-0.2, 0) is 11.3 Å². The van der Waals surface area contributed by atoms with Crippen LogP contribution in [0.4, 0.5) is 8.78 Å². The molecule has 1 rings (SSSR count). The number of hydrogen-bond acceptors (Lipinski definition) is 4. The van der Waals surface area contributed by atoms with Gasteiger partial charge in [0.2, 0.25) is 5.91 Å². The minimum atomic E-state index is -2.90. The predicted molar refractivity (Wildman–Crippen MR) is 87.9 cm³/mol. The average Bonchev–Trinajstić information content (AvgIpc) is 2.44. The lowest BCUT2D eigenvalue weighted by molar-refractivity contribution is -0.122. The normalized spacial score (nSPS) is 11.7. The van der Waals surface area contributed by atoms with Crippen molar-refractivity contribution in [1.82, 2.24) is 5.32 Å². The SMILES string of the molecule is CSCC[C@H](N)C(=O)NCc1cc(C)ccc1OC(F)F.Cl. The summed E-state index contributed by atoms with van der Waals surface area (Å²) in [5.41, 5.74) is 7.14. The molecule has 126 valence electrons. The molecular weight excluding hydrogens is 334 g/mol. The first-order chi connectivity index (χ1) is 9.93. The number of nitrogens with one attached hydrogen (secondary N) is 1. The Bertz CT molecular complexity index is 478. The first kappa shape index (κ1) is 20.9. The molecule has 1 aromatic carbocycles. The third-order valence-electron chi connectivity index (χ3n) is 2.85. The average molecular weight is 355 g/mol. The Morgan fingerprint density at radius 2 is 2.14 bits per heavy atom. The van der Waals surface area contributed by atoms with E-state index in [2.05, 4.69) is 10.1 Å². The van der Waals surface area contributed by atoms with E-state index in [9.17, 15) is 13.6 Å². The van der Waals surface area contributed by atoms with Crippen LogP contribution in [0.3, 0.4) is 0 Å². The molecule has 0 aliphatic rings. The number of amides is 1. The highest BCUT2D eigenvalue weighted by Gasteiger charge is 2.15. The fourth-order valence-electron chi connectivity index (χ4n) is 1.75. The molecular formula is C14H21ClF2N2O2S. The highest BCUT2D eigenvalue weighted by molar-refractivity contribution is 7.98. The smallest absolute Gasteiger partial charge is 0.387 e. The van der Waals surface area contributed by atoms with E-state index in [1.165, 1.54) is 6.07 Å². The Kier molecular flexibility index (Phi) is 10.1. The number of aryl methyl sites for hydroxylation is 1. The largest absolute Gasteiger partial charge is 0.434 e. The number of halogens is 3. The van der Waals surface area contributed by atoms with Gasteiger partial charge in [0.25, 0.3) is 0 Å². The molecule has 0 fully saturated rings. The van der Waals surface area contributed by atoms with Gasteiger partial charge in [-0.3, -0.25) is 4.79 Å². The number of carbonyl (C=O) groups is 1. The van der Waals surface area contributed by atoms with E-state index < -0.39 is 12.7 Å². The van der Waals surface area contributed by atoms with Gasteiger partial charge in [-0.2, -0.15) is 20.5 Å². The molecule has 0 bridgehead atoms. The van der Waals surface area contributed by atoms with E-state index >= 15 is 0 Å². The minimum absolute atomic E-state index is 0. The highest BCUT2D eigenvalue weighted by Crippen LogP contribution is 2.22. The summed E-state index contributed by atoms with van der Waals surface area (Å²) in [6, 6.07) is 4.25. The Balaban J connectivity index is 0.00000441. The molecule has 1 atom stereocenters. The number of thioether (sulfide) groups is 1. The molecule has 0 unspecified atom stereocenters. The van der Waals surface area contributed by atoms with E-state index in [0.29, 0.717) is 12.0 Å². The van der Waals surface area contributed by atoms with Crippen molar-refractivity contribution in [3.63, 3.8) is 0 Å². The van der Waals surface area contributed by atoms with Crippen molar-refractivity contribution in [3.8, 4) is 5.75 Å². The van der Waals surface area contributed by atoms with Crippen molar-refractivity contribution in [2.45, 2.75) is 32.5 Å². The van der Waals surface area contributed by atoms with Gasteiger partial charge >= 0.3 is 6.61 Å². The summed E-state index contributed by atoms with van der Waals surface area (Å²) in [6.07, 6.45) is 2.51. The summed E-state index contributed by atoms with van der Waals surface area (Å²) < 4.78 is 29.1. The van der Waals surface area contributed by atoms with Crippen LogP contribution in [0.1, 0.15) is 17.5 Å². The Labute approximate surface area is 139 Å². The summed E-state index contributed by atoms with van der Waals surface area (Å²) in [5.74, 6) is 0.556. The number of ether oxygens (including phenoxy) is 1. The van der Waals surface area contributed by atoms with Crippen molar-refractivity contribution in [2.75, 3.05) is 12.0 Å². The third kappa shape index (κ3) is 7.29. The van der Waals surface area contributed by atoms with Crippen LogP contribution in [0.2, 0.25) is 0 Å². The molecule has 3 N–H and O–H groups in total. The van der Waals surface area contributed by atoms with Crippen molar-refractivity contribution >= 4 is 30.1 Å². The lowest BCUT2D eigenvalue weighted by Crippen LogP contribution is -2.40. The molecule has 1 aromatic rings. The predicted octanol–water partition coefficient (Wildman–Crippen LogP) is 2.71. The van der Waals surface area contributed by atoms with Crippen LogP contribution >= 0.6 is 24.2 Å². The molecule has 0 aliphatic carbocycles. The first-order valence-electron chi connectivity index (χ1n) is 6.50.